The van der Waals surface area contributed by atoms with E-state index in [9.17, 15) is 13.2 Å². The van der Waals surface area contributed by atoms with Gasteiger partial charge in [0.1, 0.15) is 4.90 Å². The van der Waals surface area contributed by atoms with Crippen LogP contribution in [-0.2, 0) is 14.8 Å². The smallest absolute Gasteiger partial charge is 0.245 e. The third kappa shape index (κ3) is 3.10. The number of fused-ring (bicyclic) bond motifs is 1. The van der Waals surface area contributed by atoms with Crippen molar-refractivity contribution in [1.29, 1.82) is 0 Å². The Bertz CT molecular complexity index is 849. The Morgan fingerprint density at radius 1 is 1.50 bits per heavy atom. The first kappa shape index (κ1) is 16.0. The van der Waals surface area contributed by atoms with Crippen molar-refractivity contribution in [3.63, 3.8) is 0 Å². The number of nitrogens with zero attached hydrogens (tertiary/aromatic N) is 2. The summed E-state index contributed by atoms with van der Waals surface area (Å²) in [7, 11) is -2.49. The number of terminal acetylenes is 1. The zero-order valence-corrected chi connectivity index (χ0v) is 13.1. The molecule has 0 spiro atoms. The molecule has 0 atom stereocenters. The normalized spacial score (nSPS) is 11.5. The highest BCUT2D eigenvalue weighted by molar-refractivity contribution is 7.89. The number of nitrogens with one attached hydrogen (secondary N) is 2. The minimum Gasteiger partial charge on any atom is -0.344 e. The predicted octanol–water partition coefficient (Wildman–Crippen LogP) is 0.241. The molecule has 0 fully saturated rings. The van der Waals surface area contributed by atoms with Crippen molar-refractivity contribution in [3.8, 4) is 12.3 Å². The number of carbonyl (C=O) groups excluding carboxylic acids is 1. The van der Waals surface area contributed by atoms with E-state index in [1.54, 1.807) is 19.2 Å². The van der Waals surface area contributed by atoms with Gasteiger partial charge in [0, 0.05) is 12.4 Å². The van der Waals surface area contributed by atoms with E-state index in [1.807, 2.05) is 6.07 Å². The summed E-state index contributed by atoms with van der Waals surface area (Å²) >= 11 is 0. The standard InChI is InChI=1S/C14H16N4O3S/c1-4-5-15-13(19)9-18(3)22(20,21)12-7-10(2)6-11-8-16-17-14(11)12/h1,6-8H,5,9H2,2-3H3,(H,15,19)(H,16,17). The second-order valence-electron chi connectivity index (χ2n) is 4.84. The van der Waals surface area contributed by atoms with Crippen molar-refractivity contribution in [1.82, 2.24) is 19.8 Å². The first-order chi connectivity index (χ1) is 10.4. The van der Waals surface area contributed by atoms with Gasteiger partial charge in [-0.15, -0.1) is 6.42 Å². The molecule has 0 aliphatic rings. The fraction of sp³-hybridized carbons (Fsp3) is 0.286. The van der Waals surface area contributed by atoms with E-state index in [1.165, 1.54) is 7.05 Å². The monoisotopic (exact) mass is 320 g/mol. The molecule has 7 nitrogen and oxygen atoms in total. The van der Waals surface area contributed by atoms with Gasteiger partial charge in [-0.25, -0.2) is 8.42 Å². The Balaban J connectivity index is 2.34. The third-order valence-corrected chi connectivity index (χ3v) is 4.93. The second kappa shape index (κ2) is 6.17. The maximum Gasteiger partial charge on any atom is 0.245 e. The van der Waals surface area contributed by atoms with E-state index in [2.05, 4.69) is 21.4 Å². The lowest BCUT2D eigenvalue weighted by Gasteiger charge is -2.17. The number of benzene rings is 1. The van der Waals surface area contributed by atoms with Gasteiger partial charge >= 0.3 is 0 Å². The molecule has 0 saturated heterocycles. The van der Waals surface area contributed by atoms with Crippen LogP contribution in [0, 0.1) is 19.3 Å². The number of amides is 1. The summed E-state index contributed by atoms with van der Waals surface area (Å²) in [4.78, 5) is 11.7. The number of rotatable bonds is 5. The Kier molecular flexibility index (Phi) is 4.49. The van der Waals surface area contributed by atoms with E-state index in [0.29, 0.717) is 10.9 Å². The maximum atomic E-state index is 12.7. The Morgan fingerprint density at radius 2 is 2.23 bits per heavy atom. The highest BCUT2D eigenvalue weighted by Gasteiger charge is 2.26. The van der Waals surface area contributed by atoms with Crippen molar-refractivity contribution < 1.29 is 13.2 Å². The van der Waals surface area contributed by atoms with E-state index in [-0.39, 0.29) is 18.0 Å². The van der Waals surface area contributed by atoms with Gasteiger partial charge < -0.3 is 5.32 Å². The largest absolute Gasteiger partial charge is 0.344 e. The predicted molar refractivity (Wildman–Crippen MR) is 82.5 cm³/mol. The van der Waals surface area contributed by atoms with Gasteiger partial charge in [-0.05, 0) is 24.6 Å². The molecule has 1 amide bonds. The first-order valence-electron chi connectivity index (χ1n) is 6.46. The molecule has 1 aromatic carbocycles. The van der Waals surface area contributed by atoms with Crippen LogP contribution in [0.1, 0.15) is 5.56 Å². The molecule has 0 saturated carbocycles. The molecule has 2 aromatic rings. The number of aromatic amines is 1. The molecule has 1 heterocycles. The van der Waals surface area contributed by atoms with Gasteiger partial charge in [-0.3, -0.25) is 9.89 Å². The molecule has 0 radical (unpaired) electrons. The zero-order valence-electron chi connectivity index (χ0n) is 12.3. The van der Waals surface area contributed by atoms with Crippen molar-refractivity contribution in [2.24, 2.45) is 0 Å². The summed E-state index contributed by atoms with van der Waals surface area (Å²) in [5.74, 6) is 1.80. The summed E-state index contributed by atoms with van der Waals surface area (Å²) in [5, 5.41) is 9.68. The van der Waals surface area contributed by atoms with Crippen LogP contribution in [0.25, 0.3) is 10.9 Å². The molecule has 0 unspecified atom stereocenters. The number of hydrogen-bond donors (Lipinski definition) is 2. The second-order valence-corrected chi connectivity index (χ2v) is 6.85. The average Bonchev–Trinajstić information content (AvgIpc) is 2.91. The van der Waals surface area contributed by atoms with Gasteiger partial charge in [0.15, 0.2) is 0 Å². The van der Waals surface area contributed by atoms with Gasteiger partial charge in [0.05, 0.1) is 24.8 Å². The molecule has 2 N–H and O–H groups in total. The number of H-pyrrole nitrogens is 1. The van der Waals surface area contributed by atoms with Gasteiger partial charge in [0.25, 0.3) is 0 Å². The van der Waals surface area contributed by atoms with Crippen LogP contribution < -0.4 is 5.32 Å². The van der Waals surface area contributed by atoms with Crippen molar-refractivity contribution in [3.05, 3.63) is 23.9 Å². The van der Waals surface area contributed by atoms with Crippen LogP contribution in [0.5, 0.6) is 0 Å². The first-order valence-corrected chi connectivity index (χ1v) is 7.90. The van der Waals surface area contributed by atoms with E-state index >= 15 is 0 Å². The minimum absolute atomic E-state index is 0.0575. The zero-order chi connectivity index (χ0) is 16.3. The minimum atomic E-state index is -3.83. The maximum absolute atomic E-state index is 12.7. The molecule has 0 bridgehead atoms. The van der Waals surface area contributed by atoms with Crippen molar-refractivity contribution in [2.45, 2.75) is 11.8 Å². The summed E-state index contributed by atoms with van der Waals surface area (Å²) in [5.41, 5.74) is 1.21. The number of aryl methyl sites for hydroxylation is 1. The van der Waals surface area contributed by atoms with Crippen molar-refractivity contribution >= 4 is 26.8 Å². The molecular formula is C14H16N4O3S. The fourth-order valence-electron chi connectivity index (χ4n) is 2.03. The van der Waals surface area contributed by atoms with E-state index in [4.69, 9.17) is 6.42 Å². The topological polar surface area (TPSA) is 95.2 Å². The molecule has 22 heavy (non-hydrogen) atoms. The number of aromatic nitrogens is 2. The van der Waals surface area contributed by atoms with E-state index in [0.717, 1.165) is 9.87 Å². The lowest BCUT2D eigenvalue weighted by atomic mass is 10.2. The molecule has 0 aliphatic carbocycles. The average molecular weight is 320 g/mol. The SMILES string of the molecule is C#CCNC(=O)CN(C)S(=O)(=O)c1cc(C)cc2cn[nH]c12. The van der Waals surface area contributed by atoms with Gasteiger partial charge in [-0.1, -0.05) is 5.92 Å². The van der Waals surface area contributed by atoms with Crippen LogP contribution in [0.15, 0.2) is 23.2 Å². The fourth-order valence-corrected chi connectivity index (χ4v) is 3.41. The highest BCUT2D eigenvalue weighted by Crippen LogP contribution is 2.25. The lowest BCUT2D eigenvalue weighted by Crippen LogP contribution is -2.38. The van der Waals surface area contributed by atoms with Gasteiger partial charge in [0.2, 0.25) is 15.9 Å². The van der Waals surface area contributed by atoms with Crippen LogP contribution in [-0.4, -0.2) is 49.0 Å². The summed E-state index contributed by atoms with van der Waals surface area (Å²) in [6.45, 7) is 1.54. The number of sulfonamides is 1. The summed E-state index contributed by atoms with van der Waals surface area (Å²) < 4.78 is 26.3. The molecule has 8 heteroatoms. The number of likely N-dealkylation sites (N-methyl/N-ethyl adjacent to an activating group) is 1. The van der Waals surface area contributed by atoms with Crippen LogP contribution in [0.4, 0.5) is 0 Å². The summed E-state index contributed by atoms with van der Waals surface area (Å²) in [6.07, 6.45) is 6.60. The number of carbonyl (C=O) groups is 1. The quantitative estimate of drug-likeness (QED) is 0.772. The lowest BCUT2D eigenvalue weighted by molar-refractivity contribution is -0.120. The van der Waals surface area contributed by atoms with Crippen molar-refractivity contribution in [2.75, 3.05) is 20.1 Å². The Labute approximate surface area is 128 Å². The Hall–Kier alpha value is -2.37. The highest BCUT2D eigenvalue weighted by atomic mass is 32.2. The molecular weight excluding hydrogens is 304 g/mol. The molecule has 116 valence electrons. The summed E-state index contributed by atoms with van der Waals surface area (Å²) in [6, 6.07) is 3.38. The van der Waals surface area contributed by atoms with Gasteiger partial charge in [-0.2, -0.15) is 9.40 Å². The molecule has 0 aliphatic heterocycles. The van der Waals surface area contributed by atoms with Crippen LogP contribution in [0.2, 0.25) is 0 Å². The Morgan fingerprint density at radius 3 is 2.91 bits per heavy atom. The van der Waals surface area contributed by atoms with Crippen LogP contribution >= 0.6 is 0 Å². The number of hydrogen-bond acceptors (Lipinski definition) is 4. The van der Waals surface area contributed by atoms with Crippen LogP contribution in [0.3, 0.4) is 0 Å². The molecule has 2 rings (SSSR count). The third-order valence-electron chi connectivity index (χ3n) is 3.10. The van der Waals surface area contributed by atoms with E-state index < -0.39 is 15.9 Å². The molecule has 1 aromatic heterocycles.